The molecule has 0 radical (unpaired) electrons. The van der Waals surface area contributed by atoms with Crippen molar-refractivity contribution in [2.24, 2.45) is 0 Å². The SMILES string of the molecule is CCc1ccccc1NC(=O)c1ccc(N)cc1. The van der Waals surface area contributed by atoms with E-state index in [1.54, 1.807) is 24.3 Å². The van der Waals surface area contributed by atoms with E-state index in [1.807, 2.05) is 24.3 Å². The zero-order valence-electron chi connectivity index (χ0n) is 10.3. The minimum atomic E-state index is -0.115. The molecule has 2 rings (SSSR count). The van der Waals surface area contributed by atoms with E-state index in [9.17, 15) is 4.79 Å². The third kappa shape index (κ3) is 2.69. The monoisotopic (exact) mass is 240 g/mol. The fourth-order valence-electron chi connectivity index (χ4n) is 1.78. The Balaban J connectivity index is 2.18. The summed E-state index contributed by atoms with van der Waals surface area (Å²) in [5.74, 6) is -0.115. The molecular formula is C15H16N2O. The van der Waals surface area contributed by atoms with Gasteiger partial charge in [0.2, 0.25) is 0 Å². The Hall–Kier alpha value is -2.29. The highest BCUT2D eigenvalue weighted by Crippen LogP contribution is 2.17. The van der Waals surface area contributed by atoms with Crippen molar-refractivity contribution >= 4 is 17.3 Å². The fourth-order valence-corrected chi connectivity index (χ4v) is 1.78. The van der Waals surface area contributed by atoms with Crippen molar-refractivity contribution in [2.45, 2.75) is 13.3 Å². The molecule has 0 heterocycles. The summed E-state index contributed by atoms with van der Waals surface area (Å²) in [5.41, 5.74) is 8.84. The standard InChI is InChI=1S/C15H16N2O/c1-2-11-5-3-4-6-14(11)17-15(18)12-7-9-13(16)10-8-12/h3-10H,2,16H2,1H3,(H,17,18). The highest BCUT2D eigenvalue weighted by atomic mass is 16.1. The van der Waals surface area contributed by atoms with Crippen LogP contribution >= 0.6 is 0 Å². The highest BCUT2D eigenvalue weighted by Gasteiger charge is 2.07. The van der Waals surface area contributed by atoms with E-state index in [0.717, 1.165) is 17.7 Å². The Bertz CT molecular complexity index is 547. The maximum Gasteiger partial charge on any atom is 0.255 e. The topological polar surface area (TPSA) is 55.1 Å². The lowest BCUT2D eigenvalue weighted by molar-refractivity contribution is 0.102. The van der Waals surface area contributed by atoms with Crippen molar-refractivity contribution in [1.29, 1.82) is 0 Å². The first-order chi connectivity index (χ1) is 8.70. The van der Waals surface area contributed by atoms with Gasteiger partial charge in [0.15, 0.2) is 0 Å². The summed E-state index contributed by atoms with van der Waals surface area (Å²) >= 11 is 0. The lowest BCUT2D eigenvalue weighted by Crippen LogP contribution is -2.13. The van der Waals surface area contributed by atoms with E-state index in [0.29, 0.717) is 11.3 Å². The number of rotatable bonds is 3. The zero-order valence-corrected chi connectivity index (χ0v) is 10.3. The van der Waals surface area contributed by atoms with Crippen molar-refractivity contribution in [3.8, 4) is 0 Å². The fraction of sp³-hybridized carbons (Fsp3) is 0.133. The lowest BCUT2D eigenvalue weighted by atomic mass is 10.1. The molecule has 3 heteroatoms. The first-order valence-electron chi connectivity index (χ1n) is 5.95. The predicted molar refractivity (Wildman–Crippen MR) is 74.6 cm³/mol. The van der Waals surface area contributed by atoms with Gasteiger partial charge in [-0.3, -0.25) is 4.79 Å². The number of hydrogen-bond acceptors (Lipinski definition) is 2. The Morgan fingerprint density at radius 1 is 1.11 bits per heavy atom. The van der Waals surface area contributed by atoms with Crippen LogP contribution in [0.2, 0.25) is 0 Å². The van der Waals surface area contributed by atoms with Crippen molar-refractivity contribution in [2.75, 3.05) is 11.1 Å². The van der Waals surface area contributed by atoms with E-state index >= 15 is 0 Å². The number of hydrogen-bond donors (Lipinski definition) is 2. The number of para-hydroxylation sites is 1. The van der Waals surface area contributed by atoms with Crippen LogP contribution in [0.5, 0.6) is 0 Å². The second kappa shape index (κ2) is 5.36. The van der Waals surface area contributed by atoms with E-state index in [-0.39, 0.29) is 5.91 Å². The van der Waals surface area contributed by atoms with E-state index in [2.05, 4.69) is 12.2 Å². The van der Waals surface area contributed by atoms with Crippen molar-refractivity contribution < 1.29 is 4.79 Å². The molecule has 0 aliphatic heterocycles. The zero-order chi connectivity index (χ0) is 13.0. The smallest absolute Gasteiger partial charge is 0.255 e. The molecule has 2 aromatic carbocycles. The van der Waals surface area contributed by atoms with Gasteiger partial charge in [-0.15, -0.1) is 0 Å². The second-order valence-corrected chi connectivity index (χ2v) is 4.09. The molecule has 0 bridgehead atoms. The summed E-state index contributed by atoms with van der Waals surface area (Å²) in [6.07, 6.45) is 0.887. The Morgan fingerprint density at radius 2 is 1.78 bits per heavy atom. The molecule has 0 saturated heterocycles. The van der Waals surface area contributed by atoms with E-state index < -0.39 is 0 Å². The number of amides is 1. The van der Waals surface area contributed by atoms with Crippen LogP contribution in [-0.4, -0.2) is 5.91 Å². The number of nitrogens with one attached hydrogen (secondary N) is 1. The molecule has 1 amide bonds. The molecule has 0 saturated carbocycles. The lowest BCUT2D eigenvalue weighted by Gasteiger charge is -2.09. The minimum Gasteiger partial charge on any atom is -0.399 e. The number of nitrogens with two attached hydrogens (primary N) is 1. The highest BCUT2D eigenvalue weighted by molar-refractivity contribution is 6.04. The summed E-state index contributed by atoms with van der Waals surface area (Å²) < 4.78 is 0. The molecule has 0 aliphatic rings. The molecule has 0 unspecified atom stereocenters. The van der Waals surface area contributed by atoms with E-state index in [1.165, 1.54) is 0 Å². The van der Waals surface area contributed by atoms with Gasteiger partial charge in [0.25, 0.3) is 5.91 Å². The summed E-state index contributed by atoms with van der Waals surface area (Å²) in [6.45, 7) is 2.06. The molecule has 0 aliphatic carbocycles. The van der Waals surface area contributed by atoms with Crippen LogP contribution in [0.25, 0.3) is 0 Å². The Morgan fingerprint density at radius 3 is 2.44 bits per heavy atom. The van der Waals surface area contributed by atoms with Gasteiger partial charge in [0.05, 0.1) is 0 Å². The molecule has 0 aromatic heterocycles. The van der Waals surface area contributed by atoms with Gasteiger partial charge >= 0.3 is 0 Å². The van der Waals surface area contributed by atoms with Gasteiger partial charge in [-0.2, -0.15) is 0 Å². The van der Waals surface area contributed by atoms with Gasteiger partial charge in [-0.25, -0.2) is 0 Å². The van der Waals surface area contributed by atoms with Crippen molar-refractivity contribution in [3.63, 3.8) is 0 Å². The number of aryl methyl sites for hydroxylation is 1. The molecule has 18 heavy (non-hydrogen) atoms. The van der Waals surface area contributed by atoms with Crippen LogP contribution in [0.15, 0.2) is 48.5 Å². The summed E-state index contributed by atoms with van der Waals surface area (Å²) in [5, 5.41) is 2.92. The molecule has 3 nitrogen and oxygen atoms in total. The molecule has 92 valence electrons. The normalized spacial score (nSPS) is 10.1. The first-order valence-corrected chi connectivity index (χ1v) is 5.95. The maximum atomic E-state index is 12.0. The molecule has 0 spiro atoms. The quantitative estimate of drug-likeness (QED) is 0.810. The second-order valence-electron chi connectivity index (χ2n) is 4.09. The molecule has 0 atom stereocenters. The molecule has 3 N–H and O–H groups in total. The van der Waals surface area contributed by atoms with Crippen LogP contribution in [-0.2, 0) is 6.42 Å². The number of anilines is 2. The van der Waals surface area contributed by atoms with Crippen LogP contribution in [0.3, 0.4) is 0 Å². The largest absolute Gasteiger partial charge is 0.399 e. The maximum absolute atomic E-state index is 12.0. The number of carbonyl (C=O) groups is 1. The van der Waals surface area contributed by atoms with Crippen LogP contribution in [0.4, 0.5) is 11.4 Å². The average molecular weight is 240 g/mol. The molecule has 2 aromatic rings. The van der Waals surface area contributed by atoms with Gasteiger partial charge < -0.3 is 11.1 Å². The average Bonchev–Trinajstić information content (AvgIpc) is 2.40. The summed E-state index contributed by atoms with van der Waals surface area (Å²) in [4.78, 5) is 12.0. The van der Waals surface area contributed by atoms with Crippen molar-refractivity contribution in [1.82, 2.24) is 0 Å². The molecule has 0 fully saturated rings. The summed E-state index contributed by atoms with van der Waals surface area (Å²) in [6, 6.07) is 14.7. The van der Waals surface area contributed by atoms with Gasteiger partial charge in [0, 0.05) is 16.9 Å². The first kappa shape index (κ1) is 12.2. The van der Waals surface area contributed by atoms with Crippen LogP contribution in [0.1, 0.15) is 22.8 Å². The number of benzene rings is 2. The third-order valence-electron chi connectivity index (χ3n) is 2.82. The van der Waals surface area contributed by atoms with Crippen LogP contribution < -0.4 is 11.1 Å². The number of nitrogen functional groups attached to an aromatic ring is 1. The number of carbonyl (C=O) groups excluding carboxylic acids is 1. The van der Waals surface area contributed by atoms with Crippen LogP contribution in [0, 0.1) is 0 Å². The van der Waals surface area contributed by atoms with Crippen molar-refractivity contribution in [3.05, 3.63) is 59.7 Å². The van der Waals surface area contributed by atoms with Gasteiger partial charge in [-0.05, 0) is 42.3 Å². The minimum absolute atomic E-state index is 0.115. The van der Waals surface area contributed by atoms with Gasteiger partial charge in [0.1, 0.15) is 0 Å². The third-order valence-corrected chi connectivity index (χ3v) is 2.82. The Labute approximate surface area is 107 Å². The predicted octanol–water partition coefficient (Wildman–Crippen LogP) is 3.08. The van der Waals surface area contributed by atoms with E-state index in [4.69, 9.17) is 5.73 Å². The molecular weight excluding hydrogens is 224 g/mol. The van der Waals surface area contributed by atoms with Gasteiger partial charge in [-0.1, -0.05) is 25.1 Å². The Kier molecular flexibility index (Phi) is 3.63. The summed E-state index contributed by atoms with van der Waals surface area (Å²) in [7, 11) is 0.